The number of piperidine rings is 1. The second-order valence-electron chi connectivity index (χ2n) is 5.79. The van der Waals surface area contributed by atoms with Gasteiger partial charge in [0.25, 0.3) is 0 Å². The molecular weight excluding hydrogens is 244 g/mol. The van der Waals surface area contributed by atoms with E-state index in [-0.39, 0.29) is 5.91 Å². The molecule has 1 aliphatic carbocycles. The van der Waals surface area contributed by atoms with Gasteiger partial charge in [-0.15, -0.1) is 0 Å². The summed E-state index contributed by atoms with van der Waals surface area (Å²) in [5, 5.41) is 6.55. The summed E-state index contributed by atoms with van der Waals surface area (Å²) in [5.41, 5.74) is 0. The monoisotopic (exact) mass is 270 g/mol. The highest BCUT2D eigenvalue weighted by molar-refractivity contribution is 8.00. The Bertz CT molecular complexity index is 271. The number of carbonyl (C=O) groups is 1. The van der Waals surface area contributed by atoms with Crippen LogP contribution in [0.5, 0.6) is 0 Å². The third kappa shape index (κ3) is 3.89. The van der Waals surface area contributed by atoms with Gasteiger partial charge in [0.15, 0.2) is 0 Å². The Labute approximate surface area is 115 Å². The van der Waals surface area contributed by atoms with Crippen molar-refractivity contribution in [1.82, 2.24) is 10.6 Å². The molecule has 1 amide bonds. The fourth-order valence-electron chi connectivity index (χ4n) is 3.16. The van der Waals surface area contributed by atoms with E-state index < -0.39 is 0 Å². The first-order valence-corrected chi connectivity index (χ1v) is 8.49. The molecule has 2 rings (SSSR count). The lowest BCUT2D eigenvalue weighted by Crippen LogP contribution is -2.40. The zero-order valence-corrected chi connectivity index (χ0v) is 12.3. The van der Waals surface area contributed by atoms with Gasteiger partial charge in [-0.1, -0.05) is 12.8 Å². The van der Waals surface area contributed by atoms with Crippen LogP contribution >= 0.6 is 11.8 Å². The molecule has 2 fully saturated rings. The van der Waals surface area contributed by atoms with Crippen molar-refractivity contribution in [3.63, 3.8) is 0 Å². The van der Waals surface area contributed by atoms with E-state index in [1.54, 1.807) is 0 Å². The number of nitrogens with one attached hydrogen (secondary N) is 2. The SMILES string of the molecule is CSC1(CNC(=O)CC2CCCNC2)CCCC1. The molecule has 4 heteroatoms. The Kier molecular flexibility index (Phi) is 5.37. The van der Waals surface area contributed by atoms with Gasteiger partial charge in [0, 0.05) is 17.7 Å². The molecule has 0 aromatic carbocycles. The highest BCUT2D eigenvalue weighted by atomic mass is 32.2. The zero-order chi connectivity index (χ0) is 12.8. The zero-order valence-electron chi connectivity index (χ0n) is 11.5. The lowest BCUT2D eigenvalue weighted by molar-refractivity contribution is -0.122. The molecule has 18 heavy (non-hydrogen) atoms. The van der Waals surface area contributed by atoms with Gasteiger partial charge in [-0.3, -0.25) is 4.79 Å². The van der Waals surface area contributed by atoms with Gasteiger partial charge in [-0.2, -0.15) is 11.8 Å². The summed E-state index contributed by atoms with van der Waals surface area (Å²) in [4.78, 5) is 12.0. The van der Waals surface area contributed by atoms with E-state index >= 15 is 0 Å². The van der Waals surface area contributed by atoms with Gasteiger partial charge in [0.1, 0.15) is 0 Å². The Morgan fingerprint density at radius 1 is 1.39 bits per heavy atom. The normalized spacial score (nSPS) is 27.1. The topological polar surface area (TPSA) is 41.1 Å². The van der Waals surface area contributed by atoms with Gasteiger partial charge < -0.3 is 10.6 Å². The molecule has 0 aromatic rings. The highest BCUT2D eigenvalue weighted by Gasteiger charge is 2.33. The van der Waals surface area contributed by atoms with E-state index in [1.165, 1.54) is 38.5 Å². The summed E-state index contributed by atoms with van der Waals surface area (Å²) in [7, 11) is 0. The van der Waals surface area contributed by atoms with Gasteiger partial charge in [-0.05, 0) is 50.9 Å². The first-order chi connectivity index (χ1) is 8.74. The summed E-state index contributed by atoms with van der Waals surface area (Å²) >= 11 is 1.94. The minimum Gasteiger partial charge on any atom is -0.355 e. The predicted molar refractivity (Wildman–Crippen MR) is 77.9 cm³/mol. The van der Waals surface area contributed by atoms with Crippen LogP contribution in [0.15, 0.2) is 0 Å². The van der Waals surface area contributed by atoms with E-state index in [0.717, 1.165) is 19.6 Å². The van der Waals surface area contributed by atoms with Crippen LogP contribution in [0.4, 0.5) is 0 Å². The van der Waals surface area contributed by atoms with Crippen LogP contribution in [0.2, 0.25) is 0 Å². The first-order valence-electron chi connectivity index (χ1n) is 7.27. The van der Waals surface area contributed by atoms with Crippen molar-refractivity contribution < 1.29 is 4.79 Å². The maximum Gasteiger partial charge on any atom is 0.220 e. The molecule has 3 nitrogen and oxygen atoms in total. The highest BCUT2D eigenvalue weighted by Crippen LogP contribution is 2.39. The molecule has 0 spiro atoms. The quantitative estimate of drug-likeness (QED) is 0.804. The smallest absolute Gasteiger partial charge is 0.220 e. The number of amides is 1. The van der Waals surface area contributed by atoms with Crippen LogP contribution in [0.25, 0.3) is 0 Å². The molecule has 0 aromatic heterocycles. The third-order valence-corrected chi connectivity index (χ3v) is 5.85. The molecule has 2 aliphatic rings. The fourth-order valence-corrected chi connectivity index (χ4v) is 4.08. The summed E-state index contributed by atoms with van der Waals surface area (Å²) in [5.74, 6) is 0.802. The maximum atomic E-state index is 12.0. The first kappa shape index (κ1) is 14.2. The lowest BCUT2D eigenvalue weighted by Gasteiger charge is -2.28. The molecule has 0 bridgehead atoms. The molecule has 1 atom stereocenters. The predicted octanol–water partition coefficient (Wildman–Crippen LogP) is 2.17. The molecule has 1 unspecified atom stereocenters. The van der Waals surface area contributed by atoms with Crippen molar-refractivity contribution in [2.45, 2.75) is 49.7 Å². The molecule has 2 N–H and O–H groups in total. The Morgan fingerprint density at radius 2 is 2.17 bits per heavy atom. The second-order valence-corrected chi connectivity index (χ2v) is 7.06. The van der Waals surface area contributed by atoms with E-state index in [4.69, 9.17) is 0 Å². The van der Waals surface area contributed by atoms with Crippen molar-refractivity contribution in [3.8, 4) is 0 Å². The summed E-state index contributed by atoms with van der Waals surface area (Å²) < 4.78 is 0.334. The van der Waals surface area contributed by atoms with Crippen LogP contribution in [0, 0.1) is 5.92 Å². The van der Waals surface area contributed by atoms with Crippen molar-refractivity contribution in [3.05, 3.63) is 0 Å². The van der Waals surface area contributed by atoms with Gasteiger partial charge in [-0.25, -0.2) is 0 Å². The van der Waals surface area contributed by atoms with Crippen LogP contribution in [-0.2, 0) is 4.79 Å². The standard InChI is InChI=1S/C14H26N2OS/c1-18-14(6-2-3-7-14)11-16-13(17)9-12-5-4-8-15-10-12/h12,15H,2-11H2,1H3,(H,16,17). The lowest BCUT2D eigenvalue weighted by atomic mass is 9.96. The van der Waals surface area contributed by atoms with Gasteiger partial charge >= 0.3 is 0 Å². The second kappa shape index (κ2) is 6.80. The Balaban J connectivity index is 1.70. The summed E-state index contributed by atoms with van der Waals surface area (Å²) in [6, 6.07) is 0. The summed E-state index contributed by atoms with van der Waals surface area (Å²) in [6.07, 6.45) is 10.5. The molecular formula is C14H26N2OS. The number of rotatable bonds is 5. The Morgan fingerprint density at radius 3 is 2.78 bits per heavy atom. The molecule has 104 valence electrons. The van der Waals surface area contributed by atoms with Crippen LogP contribution < -0.4 is 10.6 Å². The maximum absolute atomic E-state index is 12.0. The largest absolute Gasteiger partial charge is 0.355 e. The molecule has 0 radical (unpaired) electrons. The molecule has 1 saturated heterocycles. The minimum atomic E-state index is 0.254. The van der Waals surface area contributed by atoms with Gasteiger partial charge in [0.05, 0.1) is 0 Å². The number of hydrogen-bond donors (Lipinski definition) is 2. The molecule has 1 saturated carbocycles. The van der Waals surface area contributed by atoms with E-state index in [1.807, 2.05) is 11.8 Å². The molecule has 1 heterocycles. The van der Waals surface area contributed by atoms with Crippen molar-refractivity contribution >= 4 is 17.7 Å². The third-order valence-electron chi connectivity index (χ3n) is 4.43. The van der Waals surface area contributed by atoms with Gasteiger partial charge in [0.2, 0.25) is 5.91 Å². The number of carbonyl (C=O) groups excluding carboxylic acids is 1. The van der Waals surface area contributed by atoms with Crippen LogP contribution in [-0.4, -0.2) is 36.5 Å². The fraction of sp³-hybridized carbons (Fsp3) is 0.929. The van der Waals surface area contributed by atoms with Crippen LogP contribution in [0.1, 0.15) is 44.9 Å². The average molecular weight is 270 g/mol. The number of hydrogen-bond acceptors (Lipinski definition) is 3. The van der Waals surface area contributed by atoms with E-state index in [0.29, 0.717) is 17.1 Å². The van der Waals surface area contributed by atoms with E-state index in [2.05, 4.69) is 16.9 Å². The Hall–Kier alpha value is -0.220. The summed E-state index contributed by atoms with van der Waals surface area (Å²) in [6.45, 7) is 3.00. The average Bonchev–Trinajstić information content (AvgIpc) is 2.87. The minimum absolute atomic E-state index is 0.254. The van der Waals surface area contributed by atoms with Crippen molar-refractivity contribution in [2.24, 2.45) is 5.92 Å². The number of thioether (sulfide) groups is 1. The van der Waals surface area contributed by atoms with E-state index in [9.17, 15) is 4.79 Å². The molecule has 1 aliphatic heterocycles. The van der Waals surface area contributed by atoms with Crippen LogP contribution in [0.3, 0.4) is 0 Å². The van der Waals surface area contributed by atoms with Crippen molar-refractivity contribution in [2.75, 3.05) is 25.9 Å². The van der Waals surface area contributed by atoms with Crippen molar-refractivity contribution in [1.29, 1.82) is 0 Å².